The molecule has 3 aromatic carbocycles. The first-order valence-electron chi connectivity index (χ1n) is 9.56. The van der Waals surface area contributed by atoms with E-state index in [0.29, 0.717) is 16.8 Å². The molecule has 0 saturated carbocycles. The monoisotopic (exact) mass is 410 g/mol. The lowest BCUT2D eigenvalue weighted by atomic mass is 10.2. The van der Waals surface area contributed by atoms with E-state index < -0.39 is 0 Å². The number of para-hydroxylation sites is 3. The number of benzene rings is 3. The van der Waals surface area contributed by atoms with Crippen LogP contribution in [0.4, 0.5) is 5.69 Å². The van der Waals surface area contributed by atoms with E-state index >= 15 is 0 Å². The summed E-state index contributed by atoms with van der Waals surface area (Å²) in [5.41, 5.74) is 8.47. The number of nitrogens with one attached hydrogen (secondary N) is 1. The molecule has 0 unspecified atom stereocenters. The summed E-state index contributed by atoms with van der Waals surface area (Å²) in [4.78, 5) is 10.6. The number of hydrogen-bond acceptors (Lipinski definition) is 6. The van der Waals surface area contributed by atoms with E-state index in [2.05, 4.69) is 22.7 Å². The summed E-state index contributed by atoms with van der Waals surface area (Å²) in [5.74, 6) is 0. The lowest BCUT2D eigenvalue weighted by Crippen LogP contribution is -2.11. The maximum atomic E-state index is 6.13. The number of aryl methyl sites for hydroxylation is 1. The van der Waals surface area contributed by atoms with Crippen molar-refractivity contribution < 1.29 is 4.42 Å². The molecule has 146 valence electrons. The van der Waals surface area contributed by atoms with Crippen LogP contribution in [-0.4, -0.2) is 9.97 Å². The molecule has 0 bridgehead atoms. The Balaban J connectivity index is 1.67. The molecule has 1 N–H and O–H groups in total. The zero-order valence-electron chi connectivity index (χ0n) is 16.2. The molecule has 5 aromatic rings. The molecule has 2 heterocycles. The van der Waals surface area contributed by atoms with Crippen molar-refractivity contribution in [3.63, 3.8) is 0 Å². The molecule has 0 aliphatic carbocycles. The van der Waals surface area contributed by atoms with E-state index in [0.717, 1.165) is 32.3 Å². The van der Waals surface area contributed by atoms with Gasteiger partial charge in [-0.05, 0) is 31.2 Å². The third-order valence-corrected chi connectivity index (χ3v) is 5.81. The first-order valence-corrected chi connectivity index (χ1v) is 10.4. The smallest absolute Gasteiger partial charge is 0.264 e. The molecule has 0 fully saturated rings. The van der Waals surface area contributed by atoms with Crippen molar-refractivity contribution in [3.8, 4) is 21.1 Å². The SMILES string of the molecule is Cc1nc(-c2ccccc2)sc1-c1nc2ccccc2o/c1=N\Nc1ccccc1. The standard InChI is InChI=1S/C24H18N4OS/c1-16-22(30-24(25-16)17-10-4-2-5-11-17)21-23(28-27-18-12-6-3-7-13-18)29-20-15-9-8-14-19(20)26-21/h2-15,27H,1H3/b28-23-. The molecule has 0 atom stereocenters. The van der Waals surface area contributed by atoms with Crippen LogP contribution >= 0.6 is 11.3 Å². The second kappa shape index (κ2) is 7.93. The van der Waals surface area contributed by atoms with E-state index in [9.17, 15) is 0 Å². The predicted molar refractivity (Wildman–Crippen MR) is 121 cm³/mol. The van der Waals surface area contributed by atoms with Gasteiger partial charge in [-0.1, -0.05) is 60.7 Å². The van der Waals surface area contributed by atoms with Gasteiger partial charge in [0.1, 0.15) is 16.2 Å². The summed E-state index contributed by atoms with van der Waals surface area (Å²) in [6.07, 6.45) is 0. The summed E-state index contributed by atoms with van der Waals surface area (Å²) in [6.45, 7) is 1.99. The molecule has 0 aliphatic heterocycles. The van der Waals surface area contributed by atoms with Gasteiger partial charge >= 0.3 is 0 Å². The number of hydrogen-bond donors (Lipinski definition) is 1. The molecule has 5 rings (SSSR count). The van der Waals surface area contributed by atoms with Gasteiger partial charge in [0, 0.05) is 5.56 Å². The highest BCUT2D eigenvalue weighted by atomic mass is 32.1. The lowest BCUT2D eigenvalue weighted by Gasteiger charge is -2.04. The Labute approximate surface area is 177 Å². The highest BCUT2D eigenvalue weighted by Gasteiger charge is 2.16. The Hall–Kier alpha value is -3.77. The summed E-state index contributed by atoms with van der Waals surface area (Å²) in [7, 11) is 0. The van der Waals surface area contributed by atoms with Crippen LogP contribution in [0.25, 0.3) is 32.2 Å². The van der Waals surface area contributed by atoms with Crippen molar-refractivity contribution in [3.05, 3.63) is 96.2 Å². The quantitative estimate of drug-likeness (QED) is 0.377. The fourth-order valence-electron chi connectivity index (χ4n) is 3.13. The first kappa shape index (κ1) is 18.3. The van der Waals surface area contributed by atoms with Crippen LogP contribution in [0.15, 0.2) is 94.4 Å². The number of thiazole rings is 1. The van der Waals surface area contributed by atoms with Crippen LogP contribution in [-0.2, 0) is 0 Å². The number of nitrogens with zero attached hydrogens (tertiary/aromatic N) is 3. The zero-order valence-corrected chi connectivity index (χ0v) is 17.1. The molecule has 0 radical (unpaired) electrons. The second-order valence-electron chi connectivity index (χ2n) is 6.72. The van der Waals surface area contributed by atoms with Crippen molar-refractivity contribution in [1.82, 2.24) is 9.97 Å². The van der Waals surface area contributed by atoms with Crippen LogP contribution in [0, 0.1) is 6.92 Å². The summed E-state index contributed by atoms with van der Waals surface area (Å²) in [5, 5.41) is 5.47. The van der Waals surface area contributed by atoms with Crippen molar-refractivity contribution in [2.45, 2.75) is 6.92 Å². The van der Waals surface area contributed by atoms with Crippen molar-refractivity contribution >= 4 is 28.1 Å². The molecular formula is C24H18N4OS. The summed E-state index contributed by atoms with van der Waals surface area (Å²) < 4.78 is 6.13. The van der Waals surface area contributed by atoms with Gasteiger partial charge in [0.25, 0.3) is 5.55 Å². The minimum atomic E-state index is 0.420. The zero-order chi connectivity index (χ0) is 20.3. The van der Waals surface area contributed by atoms with E-state index in [1.54, 1.807) is 11.3 Å². The van der Waals surface area contributed by atoms with Crippen LogP contribution in [0.2, 0.25) is 0 Å². The number of rotatable bonds is 4. The Kier molecular flexibility index (Phi) is 4.83. The predicted octanol–water partition coefficient (Wildman–Crippen LogP) is 5.85. The largest absolute Gasteiger partial charge is 0.434 e. The second-order valence-corrected chi connectivity index (χ2v) is 7.72. The summed E-state index contributed by atoms with van der Waals surface area (Å²) >= 11 is 1.59. The van der Waals surface area contributed by atoms with Gasteiger partial charge in [-0.3, -0.25) is 5.43 Å². The third-order valence-electron chi connectivity index (χ3n) is 4.60. The molecule has 6 heteroatoms. The molecule has 2 aromatic heterocycles. The fourth-order valence-corrected chi connectivity index (χ4v) is 4.18. The Morgan fingerprint density at radius 3 is 2.33 bits per heavy atom. The Morgan fingerprint density at radius 1 is 0.833 bits per heavy atom. The van der Waals surface area contributed by atoms with Gasteiger partial charge < -0.3 is 4.42 Å². The van der Waals surface area contributed by atoms with E-state index in [1.807, 2.05) is 79.7 Å². The molecule has 30 heavy (non-hydrogen) atoms. The van der Waals surface area contributed by atoms with Gasteiger partial charge in [-0.15, -0.1) is 16.4 Å². The highest BCUT2D eigenvalue weighted by molar-refractivity contribution is 7.18. The van der Waals surface area contributed by atoms with Gasteiger partial charge in [0.05, 0.1) is 16.3 Å². The normalized spacial score (nSPS) is 11.7. The minimum absolute atomic E-state index is 0.420. The van der Waals surface area contributed by atoms with Gasteiger partial charge in [0.2, 0.25) is 0 Å². The summed E-state index contributed by atoms with van der Waals surface area (Å²) in [6, 6.07) is 27.6. The van der Waals surface area contributed by atoms with E-state index in [-0.39, 0.29) is 0 Å². The molecule has 0 saturated heterocycles. The maximum Gasteiger partial charge on any atom is 0.264 e. The van der Waals surface area contributed by atoms with Crippen LogP contribution in [0.3, 0.4) is 0 Å². The molecule has 0 spiro atoms. The van der Waals surface area contributed by atoms with E-state index in [1.165, 1.54) is 0 Å². The minimum Gasteiger partial charge on any atom is -0.434 e. The van der Waals surface area contributed by atoms with Crippen molar-refractivity contribution in [2.75, 3.05) is 5.43 Å². The molecular weight excluding hydrogens is 392 g/mol. The lowest BCUT2D eigenvalue weighted by molar-refractivity contribution is 0.538. The van der Waals surface area contributed by atoms with Gasteiger partial charge in [-0.25, -0.2) is 9.97 Å². The van der Waals surface area contributed by atoms with Crippen molar-refractivity contribution in [1.29, 1.82) is 0 Å². The van der Waals surface area contributed by atoms with Gasteiger partial charge in [-0.2, -0.15) is 0 Å². The van der Waals surface area contributed by atoms with Crippen LogP contribution in [0.1, 0.15) is 5.69 Å². The van der Waals surface area contributed by atoms with Crippen molar-refractivity contribution in [2.24, 2.45) is 5.10 Å². The Morgan fingerprint density at radius 2 is 1.53 bits per heavy atom. The molecule has 0 aliphatic rings. The molecule has 5 nitrogen and oxygen atoms in total. The third kappa shape index (κ3) is 3.60. The Bertz CT molecular complexity index is 1380. The van der Waals surface area contributed by atoms with Crippen LogP contribution < -0.4 is 11.0 Å². The van der Waals surface area contributed by atoms with Crippen LogP contribution in [0.5, 0.6) is 0 Å². The first-order chi connectivity index (χ1) is 14.8. The number of anilines is 1. The average molecular weight is 411 g/mol. The topological polar surface area (TPSA) is 63.3 Å². The maximum absolute atomic E-state index is 6.13. The number of aromatic nitrogens is 2. The molecule has 0 amide bonds. The number of fused-ring (bicyclic) bond motifs is 1. The van der Waals surface area contributed by atoms with Gasteiger partial charge in [0.15, 0.2) is 5.58 Å². The highest BCUT2D eigenvalue weighted by Crippen LogP contribution is 2.33. The average Bonchev–Trinajstić information content (AvgIpc) is 3.20. The fraction of sp³-hybridized carbons (Fsp3) is 0.0417. The van der Waals surface area contributed by atoms with E-state index in [4.69, 9.17) is 14.4 Å².